The first-order chi connectivity index (χ1) is 18.9. The number of amides is 1. The zero-order valence-corrected chi connectivity index (χ0v) is 22.6. The van der Waals surface area contributed by atoms with Gasteiger partial charge < -0.3 is 24.1 Å². The average molecular weight is 547 g/mol. The molecular weight excluding hydrogens is 520 g/mol. The number of carbonyl (C=O) groups excluding carboxylic acids is 2. The number of aliphatic hydroxyl groups excluding tert-OH is 1. The summed E-state index contributed by atoms with van der Waals surface area (Å²) in [6, 6.07) is 16.2. The van der Waals surface area contributed by atoms with Gasteiger partial charge in [0.2, 0.25) is 0 Å². The number of benzene rings is 3. The number of ketones is 1. The normalized spacial score (nSPS) is 16.5. The van der Waals surface area contributed by atoms with Crippen LogP contribution >= 0.6 is 11.3 Å². The fourth-order valence-corrected chi connectivity index (χ4v) is 5.57. The second-order valence-electron chi connectivity index (χ2n) is 8.57. The minimum atomic E-state index is -0.983. The lowest BCUT2D eigenvalue weighted by molar-refractivity contribution is -0.132. The number of thiazole rings is 1. The third-order valence-electron chi connectivity index (χ3n) is 6.38. The molecule has 9 nitrogen and oxygen atoms in total. The Bertz CT molecular complexity index is 1610. The first-order valence-corrected chi connectivity index (χ1v) is 12.9. The third kappa shape index (κ3) is 4.63. The van der Waals surface area contributed by atoms with Gasteiger partial charge in [-0.1, -0.05) is 29.5 Å². The molecule has 1 aliphatic rings. The maximum atomic E-state index is 13.6. The Hall–Kier alpha value is -4.57. The minimum absolute atomic E-state index is 0.0716. The molecule has 1 saturated heterocycles. The van der Waals surface area contributed by atoms with Gasteiger partial charge in [0, 0.05) is 5.56 Å². The summed E-state index contributed by atoms with van der Waals surface area (Å²) in [5.41, 5.74) is 1.45. The van der Waals surface area contributed by atoms with E-state index in [1.165, 1.54) is 30.5 Å². The number of carbonyl (C=O) groups is 2. The van der Waals surface area contributed by atoms with Crippen LogP contribution in [0.4, 0.5) is 5.13 Å². The van der Waals surface area contributed by atoms with Gasteiger partial charge >= 0.3 is 5.91 Å². The number of anilines is 1. The smallest absolute Gasteiger partial charge is 0.301 e. The van der Waals surface area contributed by atoms with Crippen LogP contribution in [0.25, 0.3) is 16.0 Å². The fourth-order valence-electron chi connectivity index (χ4n) is 4.55. The SMILES string of the molecule is CCOc1cccc(/C(O)=C2\C(=O)C(=O)N(c3nc4ccc(OC)cc4s3)C2c2ccc(OC)c(OC)c2)c1. The molecule has 0 spiro atoms. The van der Waals surface area contributed by atoms with E-state index in [0.717, 1.165) is 4.70 Å². The number of methoxy groups -OCH3 is 3. The van der Waals surface area contributed by atoms with E-state index in [4.69, 9.17) is 18.9 Å². The molecule has 0 bridgehead atoms. The van der Waals surface area contributed by atoms with Crippen LogP contribution in [0.3, 0.4) is 0 Å². The summed E-state index contributed by atoms with van der Waals surface area (Å²) in [5, 5.41) is 11.8. The molecule has 4 aromatic rings. The molecular formula is C29H26N2O7S. The summed E-state index contributed by atoms with van der Waals surface area (Å²) in [7, 11) is 4.59. The highest BCUT2D eigenvalue weighted by atomic mass is 32.1. The number of hydrogen-bond acceptors (Lipinski definition) is 9. The van der Waals surface area contributed by atoms with Crippen LogP contribution in [0.2, 0.25) is 0 Å². The predicted molar refractivity (Wildman–Crippen MR) is 148 cm³/mol. The van der Waals surface area contributed by atoms with Gasteiger partial charge in [-0.3, -0.25) is 14.5 Å². The van der Waals surface area contributed by atoms with Crippen molar-refractivity contribution in [2.24, 2.45) is 0 Å². The van der Waals surface area contributed by atoms with Crippen molar-refractivity contribution >= 4 is 44.1 Å². The van der Waals surface area contributed by atoms with Gasteiger partial charge in [-0.15, -0.1) is 0 Å². The maximum Gasteiger partial charge on any atom is 0.301 e. The Morgan fingerprint density at radius 3 is 2.46 bits per heavy atom. The van der Waals surface area contributed by atoms with Crippen LogP contribution in [0.15, 0.2) is 66.2 Å². The molecule has 2 heterocycles. The number of rotatable bonds is 8. The van der Waals surface area contributed by atoms with Gasteiger partial charge in [-0.2, -0.15) is 0 Å². The summed E-state index contributed by atoms with van der Waals surface area (Å²) in [4.78, 5) is 33.1. The molecule has 5 rings (SSSR count). The Balaban J connectivity index is 1.73. The largest absolute Gasteiger partial charge is 0.507 e. The van der Waals surface area contributed by atoms with E-state index in [2.05, 4.69) is 4.98 Å². The molecule has 1 atom stereocenters. The Labute approximate surface area is 228 Å². The van der Waals surface area contributed by atoms with Gasteiger partial charge in [-0.05, 0) is 55.0 Å². The molecule has 1 amide bonds. The Morgan fingerprint density at radius 2 is 1.74 bits per heavy atom. The van der Waals surface area contributed by atoms with Crippen LogP contribution in [0, 0.1) is 0 Å². The van der Waals surface area contributed by atoms with Crippen molar-refractivity contribution in [3.05, 3.63) is 77.4 Å². The van der Waals surface area contributed by atoms with E-state index >= 15 is 0 Å². The molecule has 3 aromatic carbocycles. The molecule has 200 valence electrons. The molecule has 1 N–H and O–H groups in total. The summed E-state index contributed by atoms with van der Waals surface area (Å²) >= 11 is 1.25. The zero-order chi connectivity index (χ0) is 27.7. The van der Waals surface area contributed by atoms with Crippen LogP contribution in [-0.2, 0) is 9.59 Å². The quantitative estimate of drug-likeness (QED) is 0.179. The van der Waals surface area contributed by atoms with Crippen molar-refractivity contribution in [1.82, 2.24) is 4.98 Å². The molecule has 39 heavy (non-hydrogen) atoms. The standard InChI is InChI=1S/C29H26N2O7S/c1-5-38-19-8-6-7-17(13-19)26(32)24-25(16-9-12-21(36-3)22(14-16)37-4)31(28(34)27(24)33)29-30-20-11-10-18(35-2)15-23(20)39-29/h6-15,25,32H,5H2,1-4H3/b26-24+. The number of aromatic nitrogens is 1. The zero-order valence-electron chi connectivity index (χ0n) is 21.8. The molecule has 1 fully saturated rings. The van der Waals surface area contributed by atoms with Crippen molar-refractivity contribution in [3.63, 3.8) is 0 Å². The van der Waals surface area contributed by atoms with Crippen molar-refractivity contribution in [3.8, 4) is 23.0 Å². The Kier molecular flexibility index (Phi) is 7.12. The van der Waals surface area contributed by atoms with E-state index in [1.54, 1.807) is 61.7 Å². The van der Waals surface area contributed by atoms with Crippen molar-refractivity contribution < 1.29 is 33.6 Å². The lowest BCUT2D eigenvalue weighted by Crippen LogP contribution is -2.29. The lowest BCUT2D eigenvalue weighted by Gasteiger charge is -2.23. The average Bonchev–Trinajstić information content (AvgIpc) is 3.49. The lowest BCUT2D eigenvalue weighted by atomic mass is 9.95. The third-order valence-corrected chi connectivity index (χ3v) is 7.39. The predicted octanol–water partition coefficient (Wildman–Crippen LogP) is 5.35. The number of fused-ring (bicyclic) bond motifs is 1. The van der Waals surface area contributed by atoms with Gasteiger partial charge in [0.05, 0.1) is 49.8 Å². The maximum absolute atomic E-state index is 13.6. The molecule has 0 radical (unpaired) electrons. The van der Waals surface area contributed by atoms with E-state index in [-0.39, 0.29) is 11.3 Å². The number of Topliss-reactive ketones (excluding diaryl/α,β-unsaturated/α-hetero) is 1. The minimum Gasteiger partial charge on any atom is -0.507 e. The van der Waals surface area contributed by atoms with Gasteiger partial charge in [0.25, 0.3) is 5.78 Å². The van der Waals surface area contributed by atoms with Gasteiger partial charge in [-0.25, -0.2) is 4.98 Å². The second kappa shape index (κ2) is 10.7. The monoisotopic (exact) mass is 546 g/mol. The van der Waals surface area contributed by atoms with Crippen molar-refractivity contribution in [2.45, 2.75) is 13.0 Å². The van der Waals surface area contributed by atoms with Gasteiger partial charge in [0.15, 0.2) is 16.6 Å². The molecule has 1 unspecified atom stereocenters. The molecule has 1 aromatic heterocycles. The van der Waals surface area contributed by atoms with Gasteiger partial charge in [0.1, 0.15) is 17.3 Å². The van der Waals surface area contributed by atoms with Crippen LogP contribution in [0.1, 0.15) is 24.1 Å². The molecule has 10 heteroatoms. The summed E-state index contributed by atoms with van der Waals surface area (Å²) in [5.74, 6) is 0.112. The highest BCUT2D eigenvalue weighted by molar-refractivity contribution is 7.22. The number of hydrogen-bond donors (Lipinski definition) is 1. The van der Waals surface area contributed by atoms with Crippen LogP contribution < -0.4 is 23.8 Å². The van der Waals surface area contributed by atoms with E-state index in [0.29, 0.717) is 51.4 Å². The summed E-state index contributed by atoms with van der Waals surface area (Å²) < 4.78 is 22.5. The summed E-state index contributed by atoms with van der Waals surface area (Å²) in [6.45, 7) is 2.28. The molecule has 1 aliphatic heterocycles. The van der Waals surface area contributed by atoms with E-state index in [1.807, 2.05) is 13.0 Å². The second-order valence-corrected chi connectivity index (χ2v) is 9.58. The van der Waals surface area contributed by atoms with E-state index in [9.17, 15) is 14.7 Å². The highest BCUT2D eigenvalue weighted by Gasteiger charge is 2.48. The van der Waals surface area contributed by atoms with E-state index < -0.39 is 17.7 Å². The number of aliphatic hydroxyl groups is 1. The first-order valence-electron chi connectivity index (χ1n) is 12.1. The fraction of sp³-hybridized carbons (Fsp3) is 0.207. The Morgan fingerprint density at radius 1 is 0.949 bits per heavy atom. The molecule has 0 aliphatic carbocycles. The topological polar surface area (TPSA) is 107 Å². The van der Waals surface area contributed by atoms with Crippen LogP contribution in [-0.4, -0.2) is 49.7 Å². The van der Waals surface area contributed by atoms with Crippen LogP contribution in [0.5, 0.6) is 23.0 Å². The van der Waals surface area contributed by atoms with Crippen molar-refractivity contribution in [2.75, 3.05) is 32.8 Å². The summed E-state index contributed by atoms with van der Waals surface area (Å²) in [6.07, 6.45) is 0. The first kappa shape index (κ1) is 26.1. The molecule has 0 saturated carbocycles. The van der Waals surface area contributed by atoms with Crippen molar-refractivity contribution in [1.29, 1.82) is 0 Å². The number of ether oxygens (including phenoxy) is 4. The highest BCUT2D eigenvalue weighted by Crippen LogP contribution is 2.46. The number of nitrogens with zero attached hydrogens (tertiary/aromatic N) is 2.